The Morgan fingerprint density at radius 1 is 1.47 bits per heavy atom. The Morgan fingerprint density at radius 2 is 2.12 bits per heavy atom. The molecule has 1 heterocycles. The topological polar surface area (TPSA) is 69.6 Å². The summed E-state index contributed by atoms with van der Waals surface area (Å²) in [5.41, 5.74) is 0. The third kappa shape index (κ3) is 3.45. The molecule has 0 saturated heterocycles. The third-order valence-electron chi connectivity index (χ3n) is 2.57. The number of hydrogen-bond donors (Lipinski definition) is 2. The fraction of sp³-hybridized carbons (Fsp3) is 0.455. The van der Waals surface area contributed by atoms with Crippen LogP contribution in [0.1, 0.15) is 24.8 Å². The highest BCUT2D eigenvalue weighted by molar-refractivity contribution is 7.10. The number of carboxylic acid groups (broad SMARTS) is 1. The van der Waals surface area contributed by atoms with Gasteiger partial charge >= 0.3 is 12.0 Å². The maximum atomic E-state index is 11.8. The highest BCUT2D eigenvalue weighted by Crippen LogP contribution is 2.23. The molecule has 2 atom stereocenters. The van der Waals surface area contributed by atoms with Crippen LogP contribution in [0.4, 0.5) is 4.79 Å². The first-order valence-corrected chi connectivity index (χ1v) is 6.11. The van der Waals surface area contributed by atoms with Gasteiger partial charge in [-0.1, -0.05) is 6.07 Å². The van der Waals surface area contributed by atoms with Gasteiger partial charge in [-0.15, -0.1) is 11.3 Å². The van der Waals surface area contributed by atoms with Gasteiger partial charge in [-0.25, -0.2) is 4.79 Å². The molecule has 0 radical (unpaired) electrons. The predicted molar refractivity (Wildman–Crippen MR) is 66.1 cm³/mol. The monoisotopic (exact) mass is 256 g/mol. The van der Waals surface area contributed by atoms with Crippen molar-refractivity contribution in [3.05, 3.63) is 22.4 Å². The quantitative estimate of drug-likeness (QED) is 0.864. The number of rotatable bonds is 4. The van der Waals surface area contributed by atoms with E-state index < -0.39 is 12.0 Å². The van der Waals surface area contributed by atoms with Gasteiger partial charge < -0.3 is 15.3 Å². The second-order valence-electron chi connectivity index (χ2n) is 3.81. The Balaban J connectivity index is 2.61. The minimum atomic E-state index is -1.05. The van der Waals surface area contributed by atoms with E-state index in [1.54, 1.807) is 18.4 Å². The van der Waals surface area contributed by atoms with Crippen LogP contribution in [-0.2, 0) is 4.79 Å². The molecule has 2 amide bonds. The Kier molecular flexibility index (Phi) is 4.51. The molecule has 5 nitrogen and oxygen atoms in total. The molecule has 0 aliphatic heterocycles. The van der Waals surface area contributed by atoms with Gasteiger partial charge in [0.2, 0.25) is 0 Å². The number of thiophene rings is 1. The maximum Gasteiger partial charge on any atom is 0.325 e. The molecule has 0 bridgehead atoms. The van der Waals surface area contributed by atoms with Crippen molar-refractivity contribution >= 4 is 23.3 Å². The van der Waals surface area contributed by atoms with Gasteiger partial charge in [-0.3, -0.25) is 4.79 Å². The first-order chi connectivity index (χ1) is 7.93. The van der Waals surface area contributed by atoms with Gasteiger partial charge in [0.15, 0.2) is 0 Å². The van der Waals surface area contributed by atoms with E-state index in [1.807, 2.05) is 24.4 Å². The normalized spacial score (nSPS) is 13.8. The number of nitrogens with one attached hydrogen (secondary N) is 1. The van der Waals surface area contributed by atoms with Crippen LogP contribution in [0.3, 0.4) is 0 Å². The molecule has 1 rings (SSSR count). The standard InChI is InChI=1S/C11H16N2O3S/c1-7(10(14)15)12-11(16)13(3)8(2)9-5-4-6-17-9/h4-8H,1-3H3,(H,12,16)(H,14,15)/t7-,8?/m0/s1. The van der Waals surface area contributed by atoms with Crippen LogP contribution >= 0.6 is 11.3 Å². The highest BCUT2D eigenvalue weighted by atomic mass is 32.1. The average Bonchev–Trinajstić information content (AvgIpc) is 2.80. The highest BCUT2D eigenvalue weighted by Gasteiger charge is 2.21. The Bertz CT molecular complexity index is 391. The SMILES string of the molecule is CC(c1cccs1)N(C)C(=O)N[C@@H](C)C(=O)O. The summed E-state index contributed by atoms with van der Waals surface area (Å²) in [4.78, 5) is 24.9. The zero-order valence-electron chi connectivity index (χ0n) is 10.0. The molecular weight excluding hydrogens is 240 g/mol. The summed E-state index contributed by atoms with van der Waals surface area (Å²) in [7, 11) is 1.65. The number of hydrogen-bond acceptors (Lipinski definition) is 3. The molecule has 94 valence electrons. The van der Waals surface area contributed by atoms with Crippen LogP contribution in [-0.4, -0.2) is 35.1 Å². The van der Waals surface area contributed by atoms with Crippen LogP contribution in [0.2, 0.25) is 0 Å². The van der Waals surface area contributed by atoms with E-state index in [0.717, 1.165) is 4.88 Å². The lowest BCUT2D eigenvalue weighted by Crippen LogP contribution is -2.45. The Hall–Kier alpha value is -1.56. The molecule has 0 aromatic carbocycles. The molecule has 6 heteroatoms. The minimum absolute atomic E-state index is 0.0732. The second-order valence-corrected chi connectivity index (χ2v) is 4.79. The van der Waals surface area contributed by atoms with E-state index in [1.165, 1.54) is 11.8 Å². The molecule has 0 saturated carbocycles. The molecule has 0 spiro atoms. The van der Waals surface area contributed by atoms with Crippen molar-refractivity contribution in [1.82, 2.24) is 10.2 Å². The molecule has 0 fully saturated rings. The van der Waals surface area contributed by atoms with Crippen molar-refractivity contribution in [2.24, 2.45) is 0 Å². The average molecular weight is 256 g/mol. The lowest BCUT2D eigenvalue weighted by atomic mass is 10.2. The fourth-order valence-electron chi connectivity index (χ4n) is 1.24. The van der Waals surface area contributed by atoms with Crippen LogP contribution < -0.4 is 5.32 Å². The largest absolute Gasteiger partial charge is 0.480 e. The van der Waals surface area contributed by atoms with E-state index in [-0.39, 0.29) is 12.1 Å². The van der Waals surface area contributed by atoms with Crippen molar-refractivity contribution in [3.8, 4) is 0 Å². The van der Waals surface area contributed by atoms with Gasteiger partial charge in [-0.2, -0.15) is 0 Å². The second kappa shape index (κ2) is 5.67. The van der Waals surface area contributed by atoms with Crippen molar-refractivity contribution in [2.45, 2.75) is 25.9 Å². The van der Waals surface area contributed by atoms with Gasteiger partial charge in [0.25, 0.3) is 0 Å². The summed E-state index contributed by atoms with van der Waals surface area (Å²) >= 11 is 1.56. The molecule has 1 aromatic rings. The summed E-state index contributed by atoms with van der Waals surface area (Å²) in [6.45, 7) is 3.33. The van der Waals surface area contributed by atoms with E-state index in [2.05, 4.69) is 5.32 Å². The molecule has 1 unspecified atom stereocenters. The third-order valence-corrected chi connectivity index (χ3v) is 3.61. The number of aliphatic carboxylic acids is 1. The van der Waals surface area contributed by atoms with Crippen molar-refractivity contribution < 1.29 is 14.7 Å². The Morgan fingerprint density at radius 3 is 2.59 bits per heavy atom. The Labute approximate surface area is 104 Å². The minimum Gasteiger partial charge on any atom is -0.480 e. The summed E-state index contributed by atoms with van der Waals surface area (Å²) in [5.74, 6) is -1.05. The number of carboxylic acids is 1. The summed E-state index contributed by atoms with van der Waals surface area (Å²) in [5, 5.41) is 13.1. The van der Waals surface area contributed by atoms with Crippen LogP contribution in [0.15, 0.2) is 17.5 Å². The lowest BCUT2D eigenvalue weighted by Gasteiger charge is -2.25. The molecule has 2 N–H and O–H groups in total. The van der Waals surface area contributed by atoms with Crippen LogP contribution in [0, 0.1) is 0 Å². The lowest BCUT2D eigenvalue weighted by molar-refractivity contribution is -0.138. The molecule has 17 heavy (non-hydrogen) atoms. The van der Waals surface area contributed by atoms with Crippen molar-refractivity contribution in [1.29, 1.82) is 0 Å². The molecule has 1 aromatic heterocycles. The van der Waals surface area contributed by atoms with E-state index in [4.69, 9.17) is 5.11 Å². The predicted octanol–water partition coefficient (Wildman–Crippen LogP) is 1.92. The van der Waals surface area contributed by atoms with Crippen LogP contribution in [0.5, 0.6) is 0 Å². The number of carbonyl (C=O) groups excluding carboxylic acids is 1. The number of amides is 2. The summed E-state index contributed by atoms with van der Waals surface area (Å²) in [6.07, 6.45) is 0. The summed E-state index contributed by atoms with van der Waals surface area (Å²) in [6, 6.07) is 2.51. The number of carbonyl (C=O) groups is 2. The maximum absolute atomic E-state index is 11.8. The van der Waals surface area contributed by atoms with E-state index in [0.29, 0.717) is 0 Å². The molecular formula is C11H16N2O3S. The van der Waals surface area contributed by atoms with Gasteiger partial charge in [0.1, 0.15) is 6.04 Å². The van der Waals surface area contributed by atoms with Gasteiger partial charge in [-0.05, 0) is 25.3 Å². The first-order valence-electron chi connectivity index (χ1n) is 5.23. The molecule has 0 aliphatic carbocycles. The zero-order chi connectivity index (χ0) is 13.0. The van der Waals surface area contributed by atoms with Crippen LogP contribution in [0.25, 0.3) is 0 Å². The smallest absolute Gasteiger partial charge is 0.325 e. The van der Waals surface area contributed by atoms with E-state index >= 15 is 0 Å². The van der Waals surface area contributed by atoms with Gasteiger partial charge in [0, 0.05) is 11.9 Å². The number of nitrogens with zero attached hydrogens (tertiary/aromatic N) is 1. The molecule has 0 aliphatic rings. The van der Waals surface area contributed by atoms with E-state index in [9.17, 15) is 9.59 Å². The first kappa shape index (κ1) is 13.5. The number of urea groups is 1. The van der Waals surface area contributed by atoms with Crippen molar-refractivity contribution in [2.75, 3.05) is 7.05 Å². The zero-order valence-corrected chi connectivity index (χ0v) is 10.8. The van der Waals surface area contributed by atoms with Crippen molar-refractivity contribution in [3.63, 3.8) is 0 Å². The fourth-order valence-corrected chi connectivity index (χ4v) is 2.07. The van der Waals surface area contributed by atoms with Gasteiger partial charge in [0.05, 0.1) is 6.04 Å². The summed E-state index contributed by atoms with van der Waals surface area (Å²) < 4.78 is 0.